The molecule has 0 saturated heterocycles. The van der Waals surface area contributed by atoms with Gasteiger partial charge in [0.05, 0.1) is 11.7 Å². The molecular formula is C16H15BrFNO2. The summed E-state index contributed by atoms with van der Waals surface area (Å²) in [5.41, 5.74) is 1.47. The molecule has 3 rings (SSSR count). The Hall–Kier alpha value is -1.75. The molecule has 0 amide bonds. The summed E-state index contributed by atoms with van der Waals surface area (Å²) in [6.07, 6.45) is 0. The van der Waals surface area contributed by atoms with Gasteiger partial charge in [-0.25, -0.2) is 4.39 Å². The van der Waals surface area contributed by atoms with Crippen LogP contribution in [-0.4, -0.2) is 13.2 Å². The zero-order valence-corrected chi connectivity index (χ0v) is 13.1. The Morgan fingerprint density at radius 2 is 1.81 bits per heavy atom. The maximum atomic E-state index is 13.8. The van der Waals surface area contributed by atoms with Crippen molar-refractivity contribution in [1.82, 2.24) is 0 Å². The van der Waals surface area contributed by atoms with Crippen LogP contribution in [0.15, 0.2) is 40.9 Å². The summed E-state index contributed by atoms with van der Waals surface area (Å²) in [5.74, 6) is 1.20. The third-order valence-electron chi connectivity index (χ3n) is 3.38. The third-order valence-corrected chi connectivity index (χ3v) is 4.03. The van der Waals surface area contributed by atoms with Gasteiger partial charge in [0, 0.05) is 22.2 Å². The van der Waals surface area contributed by atoms with Crippen LogP contribution in [0.1, 0.15) is 18.5 Å². The lowest BCUT2D eigenvalue weighted by atomic mass is 10.1. The van der Waals surface area contributed by atoms with E-state index in [1.807, 2.05) is 25.1 Å². The van der Waals surface area contributed by atoms with Gasteiger partial charge in [0.15, 0.2) is 11.5 Å². The van der Waals surface area contributed by atoms with Gasteiger partial charge in [-0.3, -0.25) is 0 Å². The maximum Gasteiger partial charge on any atom is 0.163 e. The number of ether oxygens (including phenoxy) is 2. The lowest BCUT2D eigenvalue weighted by Crippen LogP contribution is -2.16. The van der Waals surface area contributed by atoms with E-state index in [0.29, 0.717) is 24.5 Å². The molecule has 1 atom stereocenters. The topological polar surface area (TPSA) is 30.5 Å². The fourth-order valence-corrected chi connectivity index (χ4v) is 2.75. The highest BCUT2D eigenvalue weighted by Crippen LogP contribution is 2.39. The van der Waals surface area contributed by atoms with E-state index in [1.165, 1.54) is 6.07 Å². The molecule has 0 fully saturated rings. The second-order valence-electron chi connectivity index (χ2n) is 4.86. The fourth-order valence-electron chi connectivity index (χ4n) is 2.31. The van der Waals surface area contributed by atoms with Gasteiger partial charge in [-0.2, -0.15) is 0 Å². The first kappa shape index (κ1) is 14.2. The number of hydrogen-bond acceptors (Lipinski definition) is 3. The molecule has 1 heterocycles. The van der Waals surface area contributed by atoms with Crippen molar-refractivity contribution in [2.45, 2.75) is 13.0 Å². The van der Waals surface area contributed by atoms with Crippen LogP contribution in [0.25, 0.3) is 0 Å². The van der Waals surface area contributed by atoms with E-state index in [2.05, 4.69) is 21.2 Å². The van der Waals surface area contributed by atoms with Crippen LogP contribution in [0, 0.1) is 5.82 Å². The normalized spacial score (nSPS) is 14.6. The highest BCUT2D eigenvalue weighted by molar-refractivity contribution is 9.10. The zero-order chi connectivity index (χ0) is 14.8. The van der Waals surface area contributed by atoms with E-state index in [-0.39, 0.29) is 11.9 Å². The van der Waals surface area contributed by atoms with E-state index in [0.717, 1.165) is 15.9 Å². The van der Waals surface area contributed by atoms with Gasteiger partial charge in [-0.1, -0.05) is 18.2 Å². The van der Waals surface area contributed by atoms with Crippen LogP contribution < -0.4 is 14.8 Å². The average Bonchev–Trinajstić information content (AvgIpc) is 2.48. The highest BCUT2D eigenvalue weighted by Gasteiger charge is 2.17. The Bertz CT molecular complexity index is 663. The molecule has 2 aromatic carbocycles. The molecule has 5 heteroatoms. The number of hydrogen-bond donors (Lipinski definition) is 1. The van der Waals surface area contributed by atoms with Crippen molar-refractivity contribution in [2.75, 3.05) is 18.5 Å². The van der Waals surface area contributed by atoms with Crippen molar-refractivity contribution in [3.63, 3.8) is 0 Å². The Morgan fingerprint density at radius 1 is 1.14 bits per heavy atom. The van der Waals surface area contributed by atoms with Crippen LogP contribution in [-0.2, 0) is 0 Å². The first-order valence-corrected chi connectivity index (χ1v) is 7.54. The summed E-state index contributed by atoms with van der Waals surface area (Å²) in [6.45, 7) is 3.01. The Kier molecular flexibility index (Phi) is 4.01. The van der Waals surface area contributed by atoms with Gasteiger partial charge in [-0.05, 0) is 28.9 Å². The minimum atomic E-state index is -0.217. The second-order valence-corrected chi connectivity index (χ2v) is 5.72. The van der Waals surface area contributed by atoms with Crippen molar-refractivity contribution in [3.8, 4) is 11.5 Å². The molecule has 110 valence electrons. The van der Waals surface area contributed by atoms with Gasteiger partial charge in [0.1, 0.15) is 19.0 Å². The van der Waals surface area contributed by atoms with E-state index in [1.54, 1.807) is 12.1 Å². The zero-order valence-electron chi connectivity index (χ0n) is 11.5. The minimum Gasteiger partial charge on any atom is -0.486 e. The van der Waals surface area contributed by atoms with Crippen molar-refractivity contribution in [2.24, 2.45) is 0 Å². The predicted octanol–water partition coefficient (Wildman–Crippen LogP) is 4.53. The maximum absolute atomic E-state index is 13.8. The predicted molar refractivity (Wildman–Crippen MR) is 83.6 cm³/mol. The van der Waals surface area contributed by atoms with Crippen molar-refractivity contribution in [3.05, 3.63) is 52.3 Å². The molecule has 0 saturated carbocycles. The Balaban J connectivity index is 1.86. The summed E-state index contributed by atoms with van der Waals surface area (Å²) in [6, 6.07) is 10.3. The lowest BCUT2D eigenvalue weighted by molar-refractivity contribution is 0.171. The molecule has 1 aliphatic rings. The summed E-state index contributed by atoms with van der Waals surface area (Å²) >= 11 is 3.50. The first-order valence-electron chi connectivity index (χ1n) is 6.75. The molecule has 2 aromatic rings. The van der Waals surface area contributed by atoms with Gasteiger partial charge < -0.3 is 14.8 Å². The molecule has 0 aliphatic carbocycles. The monoisotopic (exact) mass is 351 g/mol. The molecule has 3 nitrogen and oxygen atoms in total. The lowest BCUT2D eigenvalue weighted by Gasteiger charge is -2.22. The van der Waals surface area contributed by atoms with Crippen LogP contribution in [0.4, 0.5) is 10.1 Å². The highest BCUT2D eigenvalue weighted by atomic mass is 79.9. The number of fused-ring (bicyclic) bond motifs is 1. The fraction of sp³-hybridized carbons (Fsp3) is 0.250. The SMILES string of the molecule is CC(Nc1cc2c(cc1Br)OCCO2)c1ccccc1F. The molecular weight excluding hydrogens is 337 g/mol. The van der Waals surface area contributed by atoms with Crippen molar-refractivity contribution in [1.29, 1.82) is 0 Å². The molecule has 0 aromatic heterocycles. The Morgan fingerprint density at radius 3 is 2.52 bits per heavy atom. The van der Waals surface area contributed by atoms with Gasteiger partial charge in [0.2, 0.25) is 0 Å². The van der Waals surface area contributed by atoms with Crippen molar-refractivity contribution >= 4 is 21.6 Å². The van der Waals surface area contributed by atoms with Crippen LogP contribution in [0.2, 0.25) is 0 Å². The number of rotatable bonds is 3. The van der Waals surface area contributed by atoms with Gasteiger partial charge in [-0.15, -0.1) is 0 Å². The Labute approximate surface area is 131 Å². The third kappa shape index (κ3) is 2.97. The van der Waals surface area contributed by atoms with Crippen LogP contribution in [0.3, 0.4) is 0 Å². The second kappa shape index (κ2) is 5.93. The number of benzene rings is 2. The quantitative estimate of drug-likeness (QED) is 0.880. The van der Waals surface area contributed by atoms with Crippen molar-refractivity contribution < 1.29 is 13.9 Å². The molecule has 0 spiro atoms. The largest absolute Gasteiger partial charge is 0.486 e. The van der Waals surface area contributed by atoms with E-state index < -0.39 is 0 Å². The number of anilines is 1. The smallest absolute Gasteiger partial charge is 0.163 e. The summed E-state index contributed by atoms with van der Waals surface area (Å²) < 4.78 is 25.8. The first-order chi connectivity index (χ1) is 10.1. The molecule has 21 heavy (non-hydrogen) atoms. The molecule has 1 N–H and O–H groups in total. The standard InChI is InChI=1S/C16H15BrFNO2/c1-10(11-4-2-3-5-13(11)18)19-14-9-16-15(8-12(14)17)20-6-7-21-16/h2-5,8-10,19H,6-7H2,1H3. The van der Waals surface area contributed by atoms with Crippen LogP contribution in [0.5, 0.6) is 11.5 Å². The van der Waals surface area contributed by atoms with Gasteiger partial charge in [0.25, 0.3) is 0 Å². The number of halogens is 2. The van der Waals surface area contributed by atoms with E-state index >= 15 is 0 Å². The summed E-state index contributed by atoms with van der Waals surface area (Å²) in [4.78, 5) is 0. The molecule has 1 unspecified atom stereocenters. The summed E-state index contributed by atoms with van der Waals surface area (Å²) in [5, 5.41) is 3.29. The summed E-state index contributed by atoms with van der Waals surface area (Å²) in [7, 11) is 0. The van der Waals surface area contributed by atoms with E-state index in [9.17, 15) is 4.39 Å². The minimum absolute atomic E-state index is 0.162. The van der Waals surface area contributed by atoms with E-state index in [4.69, 9.17) is 9.47 Å². The number of nitrogens with one attached hydrogen (secondary N) is 1. The molecule has 0 radical (unpaired) electrons. The average molecular weight is 352 g/mol. The van der Waals surface area contributed by atoms with Gasteiger partial charge >= 0.3 is 0 Å². The molecule has 1 aliphatic heterocycles. The van der Waals surface area contributed by atoms with Crippen LogP contribution >= 0.6 is 15.9 Å². The molecule has 0 bridgehead atoms.